The quantitative estimate of drug-likeness (QED) is 0.921. The van der Waals surface area contributed by atoms with Crippen LogP contribution in [-0.4, -0.2) is 23.4 Å². The molecule has 0 fully saturated rings. The Labute approximate surface area is 114 Å². The fraction of sp³-hybridized carbons (Fsp3) is 0.417. The molecule has 1 atom stereocenters. The highest BCUT2D eigenvalue weighted by molar-refractivity contribution is 9.10. The summed E-state index contributed by atoms with van der Waals surface area (Å²) in [4.78, 5) is 0. The maximum atomic E-state index is 5.36. The van der Waals surface area contributed by atoms with Gasteiger partial charge < -0.3 is 14.5 Å². The second-order valence-corrected chi connectivity index (χ2v) is 4.58. The Morgan fingerprint density at radius 2 is 2.39 bits per heavy atom. The number of aryl methyl sites for hydroxylation is 1. The average Bonchev–Trinajstić information content (AvgIpc) is 2.93. The van der Waals surface area contributed by atoms with E-state index in [0.717, 1.165) is 28.2 Å². The Kier molecular flexibility index (Phi) is 4.08. The second-order valence-electron chi connectivity index (χ2n) is 3.86. The zero-order valence-corrected chi connectivity index (χ0v) is 12.2. The highest BCUT2D eigenvalue weighted by Gasteiger charge is 2.24. The molecule has 0 radical (unpaired) electrons. The molecule has 0 aromatic carbocycles. The van der Waals surface area contributed by atoms with Gasteiger partial charge in [0, 0.05) is 12.6 Å². The molecule has 0 aliphatic heterocycles. The molecule has 18 heavy (non-hydrogen) atoms. The third-order valence-corrected chi connectivity index (χ3v) is 3.45. The van der Waals surface area contributed by atoms with Gasteiger partial charge in [0.25, 0.3) is 0 Å². The predicted octanol–water partition coefficient (Wildman–Crippen LogP) is 2.48. The SMILES string of the molecule is CCNC(c1ccoc1Br)c1c(OC)cnn1C. The normalized spacial score (nSPS) is 12.7. The maximum Gasteiger partial charge on any atom is 0.174 e. The van der Waals surface area contributed by atoms with E-state index < -0.39 is 0 Å². The molecule has 6 heteroatoms. The van der Waals surface area contributed by atoms with Gasteiger partial charge in [0.05, 0.1) is 25.6 Å². The molecule has 2 heterocycles. The summed E-state index contributed by atoms with van der Waals surface area (Å²) in [5, 5.41) is 7.65. The van der Waals surface area contributed by atoms with Crippen LogP contribution in [-0.2, 0) is 7.05 Å². The number of nitrogens with one attached hydrogen (secondary N) is 1. The molecule has 0 amide bonds. The van der Waals surface area contributed by atoms with Gasteiger partial charge >= 0.3 is 0 Å². The van der Waals surface area contributed by atoms with Crippen molar-refractivity contribution in [3.8, 4) is 5.75 Å². The van der Waals surface area contributed by atoms with Crippen LogP contribution in [0.5, 0.6) is 5.75 Å². The minimum Gasteiger partial charge on any atom is -0.493 e. The second kappa shape index (κ2) is 5.58. The van der Waals surface area contributed by atoms with Crippen LogP contribution in [0.4, 0.5) is 0 Å². The van der Waals surface area contributed by atoms with Crippen molar-refractivity contribution in [1.29, 1.82) is 0 Å². The fourth-order valence-corrected chi connectivity index (χ4v) is 2.45. The molecule has 0 saturated heterocycles. The fourth-order valence-electron chi connectivity index (χ4n) is 1.98. The van der Waals surface area contributed by atoms with E-state index in [1.54, 1.807) is 19.6 Å². The molecule has 98 valence electrons. The monoisotopic (exact) mass is 313 g/mol. The first-order valence-electron chi connectivity index (χ1n) is 5.71. The summed E-state index contributed by atoms with van der Waals surface area (Å²) < 4.78 is 13.2. The van der Waals surface area contributed by atoms with Crippen LogP contribution in [0.3, 0.4) is 0 Å². The van der Waals surface area contributed by atoms with Gasteiger partial charge in [-0.1, -0.05) is 6.92 Å². The van der Waals surface area contributed by atoms with Gasteiger partial charge in [0.1, 0.15) is 5.69 Å². The van der Waals surface area contributed by atoms with Crippen molar-refractivity contribution in [3.05, 3.63) is 34.5 Å². The van der Waals surface area contributed by atoms with Crippen LogP contribution in [0, 0.1) is 0 Å². The van der Waals surface area contributed by atoms with Gasteiger partial charge in [0.2, 0.25) is 0 Å². The summed E-state index contributed by atoms with van der Waals surface area (Å²) in [5.41, 5.74) is 2.00. The number of furan rings is 1. The van der Waals surface area contributed by atoms with Crippen molar-refractivity contribution < 1.29 is 9.15 Å². The number of methoxy groups -OCH3 is 1. The summed E-state index contributed by atoms with van der Waals surface area (Å²) in [6.07, 6.45) is 3.38. The largest absolute Gasteiger partial charge is 0.493 e. The lowest BCUT2D eigenvalue weighted by molar-refractivity contribution is 0.400. The first-order chi connectivity index (χ1) is 8.69. The third-order valence-electron chi connectivity index (χ3n) is 2.81. The molecule has 2 aromatic heterocycles. The lowest BCUT2D eigenvalue weighted by Gasteiger charge is -2.18. The van der Waals surface area contributed by atoms with Gasteiger partial charge in [-0.25, -0.2) is 0 Å². The van der Waals surface area contributed by atoms with Gasteiger partial charge in [-0.2, -0.15) is 5.10 Å². The van der Waals surface area contributed by atoms with Gasteiger partial charge in [-0.05, 0) is 28.5 Å². The summed E-state index contributed by atoms with van der Waals surface area (Å²) >= 11 is 3.42. The molecule has 2 rings (SSSR count). The number of aromatic nitrogens is 2. The first-order valence-corrected chi connectivity index (χ1v) is 6.50. The molecule has 2 aromatic rings. The van der Waals surface area contributed by atoms with Crippen molar-refractivity contribution in [2.75, 3.05) is 13.7 Å². The smallest absolute Gasteiger partial charge is 0.174 e. The van der Waals surface area contributed by atoms with Crippen LogP contribution in [0.15, 0.2) is 27.6 Å². The highest BCUT2D eigenvalue weighted by Crippen LogP contribution is 2.33. The van der Waals surface area contributed by atoms with Crippen molar-refractivity contribution in [2.45, 2.75) is 13.0 Å². The number of rotatable bonds is 5. The van der Waals surface area contributed by atoms with Crippen molar-refractivity contribution in [1.82, 2.24) is 15.1 Å². The number of ether oxygens (including phenoxy) is 1. The number of nitrogens with zero attached hydrogens (tertiary/aromatic N) is 2. The molecule has 0 bridgehead atoms. The topological polar surface area (TPSA) is 52.2 Å². The zero-order valence-electron chi connectivity index (χ0n) is 10.6. The van der Waals surface area contributed by atoms with Gasteiger partial charge in [-0.3, -0.25) is 4.68 Å². The maximum absolute atomic E-state index is 5.36. The molecule has 1 N–H and O–H groups in total. The molecule has 0 aliphatic carbocycles. The van der Waals surface area contributed by atoms with Crippen LogP contribution in [0.1, 0.15) is 24.2 Å². The molecular formula is C12H16BrN3O2. The van der Waals surface area contributed by atoms with E-state index in [2.05, 4.69) is 33.3 Å². The number of hydrogen-bond donors (Lipinski definition) is 1. The summed E-state index contributed by atoms with van der Waals surface area (Å²) in [5.74, 6) is 0.761. The van der Waals surface area contributed by atoms with E-state index >= 15 is 0 Å². The Morgan fingerprint density at radius 1 is 1.61 bits per heavy atom. The lowest BCUT2D eigenvalue weighted by Crippen LogP contribution is -2.24. The van der Waals surface area contributed by atoms with E-state index in [4.69, 9.17) is 9.15 Å². The lowest BCUT2D eigenvalue weighted by atomic mass is 10.1. The third kappa shape index (κ3) is 2.30. The molecule has 0 spiro atoms. The zero-order chi connectivity index (χ0) is 13.1. The summed E-state index contributed by atoms with van der Waals surface area (Å²) in [7, 11) is 3.55. The minimum absolute atomic E-state index is 0.0226. The van der Waals surface area contributed by atoms with Crippen molar-refractivity contribution in [3.63, 3.8) is 0 Å². The van der Waals surface area contributed by atoms with E-state index in [9.17, 15) is 0 Å². The van der Waals surface area contributed by atoms with Crippen LogP contribution in [0.2, 0.25) is 0 Å². The average molecular weight is 314 g/mol. The number of halogens is 1. The molecule has 0 aliphatic rings. The van der Waals surface area contributed by atoms with Crippen LogP contribution >= 0.6 is 15.9 Å². The Hall–Kier alpha value is -1.27. The molecule has 5 nitrogen and oxygen atoms in total. The molecule has 0 saturated carbocycles. The van der Waals surface area contributed by atoms with Gasteiger partial charge in [-0.15, -0.1) is 0 Å². The van der Waals surface area contributed by atoms with Gasteiger partial charge in [0.15, 0.2) is 10.4 Å². The molecular weight excluding hydrogens is 298 g/mol. The highest BCUT2D eigenvalue weighted by atomic mass is 79.9. The Balaban J connectivity index is 2.47. The van der Waals surface area contributed by atoms with Crippen molar-refractivity contribution >= 4 is 15.9 Å². The van der Waals surface area contributed by atoms with Crippen molar-refractivity contribution in [2.24, 2.45) is 7.05 Å². The Morgan fingerprint density at radius 3 is 2.94 bits per heavy atom. The van der Waals surface area contributed by atoms with E-state index in [1.807, 2.05) is 17.8 Å². The van der Waals surface area contributed by atoms with Crippen LogP contribution in [0.25, 0.3) is 0 Å². The standard InChI is InChI=1S/C12H16BrN3O2/c1-4-14-10(8-5-6-18-12(8)13)11-9(17-3)7-15-16(11)2/h5-7,10,14H,4H2,1-3H3. The first kappa shape index (κ1) is 13.2. The molecule has 1 unspecified atom stereocenters. The minimum atomic E-state index is -0.0226. The Bertz CT molecular complexity index is 521. The van der Waals surface area contributed by atoms with E-state index in [0.29, 0.717) is 0 Å². The number of hydrogen-bond acceptors (Lipinski definition) is 4. The summed E-state index contributed by atoms with van der Waals surface area (Å²) in [6, 6.07) is 1.91. The summed E-state index contributed by atoms with van der Waals surface area (Å²) in [6.45, 7) is 2.89. The van der Waals surface area contributed by atoms with Crippen LogP contribution < -0.4 is 10.1 Å². The predicted molar refractivity (Wildman–Crippen MR) is 71.7 cm³/mol. The van der Waals surface area contributed by atoms with E-state index in [1.165, 1.54) is 0 Å². The van der Waals surface area contributed by atoms with E-state index in [-0.39, 0.29) is 6.04 Å².